The van der Waals surface area contributed by atoms with E-state index in [1.165, 1.54) is 6.08 Å². The second-order valence-electron chi connectivity index (χ2n) is 6.87. The minimum absolute atomic E-state index is 0.483. The Morgan fingerprint density at radius 2 is 1.80 bits per heavy atom. The Morgan fingerprint density at radius 1 is 1.03 bits per heavy atom. The summed E-state index contributed by atoms with van der Waals surface area (Å²) in [7, 11) is 0. The van der Waals surface area contributed by atoms with Gasteiger partial charge >= 0.3 is 5.97 Å². The molecule has 0 amide bonds. The summed E-state index contributed by atoms with van der Waals surface area (Å²) in [6.45, 7) is 5.65. The molecule has 0 aliphatic heterocycles. The molecule has 0 unspecified atom stereocenters. The van der Waals surface area contributed by atoms with E-state index in [-0.39, 0.29) is 0 Å². The van der Waals surface area contributed by atoms with Crippen LogP contribution in [0.2, 0.25) is 0 Å². The summed E-state index contributed by atoms with van der Waals surface area (Å²) in [5, 5.41) is 8.24. The molecular formula is C26H22N2O2. The molecule has 4 aromatic rings. The summed E-state index contributed by atoms with van der Waals surface area (Å²) < 4.78 is 5.59. The number of carbonyl (C=O) groups excluding carboxylic acids is 1. The number of allylic oxidation sites excluding steroid dienone is 1. The lowest BCUT2D eigenvalue weighted by atomic mass is 9.87. The molecular weight excluding hydrogens is 372 g/mol. The van der Waals surface area contributed by atoms with Crippen LogP contribution in [0.25, 0.3) is 22.0 Å². The van der Waals surface area contributed by atoms with Gasteiger partial charge in [0.05, 0.1) is 11.7 Å². The van der Waals surface area contributed by atoms with E-state index in [4.69, 9.17) is 4.74 Å². The van der Waals surface area contributed by atoms with E-state index in [1.54, 1.807) is 6.20 Å². The molecule has 30 heavy (non-hydrogen) atoms. The highest BCUT2D eigenvalue weighted by atomic mass is 16.5. The Morgan fingerprint density at radius 3 is 2.57 bits per heavy atom. The largest absolute Gasteiger partial charge is 0.423 e. The minimum Gasteiger partial charge on any atom is -0.423 e. The van der Waals surface area contributed by atoms with E-state index in [1.807, 2.05) is 48.5 Å². The Kier molecular flexibility index (Phi) is 5.57. The molecule has 1 heterocycles. The second kappa shape index (κ2) is 8.62. The average molecular weight is 394 g/mol. The Balaban J connectivity index is 2.01. The molecule has 0 spiro atoms. The molecule has 4 rings (SSSR count). The number of hydrogen-bond donors (Lipinski definition) is 1. The van der Waals surface area contributed by atoms with Crippen LogP contribution in [0.15, 0.2) is 91.6 Å². The standard InChI is InChI=1S/C26H22N2O2/c1-3-21(18-10-6-5-7-11-18)26(19-14-15-20-17-27-28-23(20)16-19)22-12-8-9-13-24(22)30-25(29)4-2/h4-17H,2-3H2,1H3,(H,27,28)/b26-21+. The number of nitrogens with one attached hydrogen (secondary N) is 1. The van der Waals surface area contributed by atoms with Crippen LogP contribution >= 0.6 is 0 Å². The summed E-state index contributed by atoms with van der Waals surface area (Å²) in [6, 6.07) is 24.1. The first-order valence-corrected chi connectivity index (χ1v) is 9.87. The van der Waals surface area contributed by atoms with Gasteiger partial charge in [0, 0.05) is 17.0 Å². The molecule has 0 aliphatic carbocycles. The molecule has 1 aromatic heterocycles. The van der Waals surface area contributed by atoms with E-state index in [9.17, 15) is 4.79 Å². The molecule has 1 N–H and O–H groups in total. The van der Waals surface area contributed by atoms with Gasteiger partial charge in [0.2, 0.25) is 0 Å². The first-order chi connectivity index (χ1) is 14.7. The van der Waals surface area contributed by atoms with E-state index in [2.05, 4.69) is 48.0 Å². The van der Waals surface area contributed by atoms with Crippen molar-refractivity contribution in [3.05, 3.63) is 108 Å². The SMILES string of the molecule is C=CC(=O)Oc1ccccc1/C(=C(\CC)c1ccccc1)c1ccc2cn[nH]c2c1. The maximum atomic E-state index is 12.0. The maximum absolute atomic E-state index is 12.0. The van der Waals surface area contributed by atoms with Crippen LogP contribution in [0.4, 0.5) is 0 Å². The number of fused-ring (bicyclic) bond motifs is 1. The van der Waals surface area contributed by atoms with Gasteiger partial charge in [-0.3, -0.25) is 5.10 Å². The fourth-order valence-electron chi connectivity index (χ4n) is 3.66. The van der Waals surface area contributed by atoms with Gasteiger partial charge in [-0.25, -0.2) is 4.79 Å². The van der Waals surface area contributed by atoms with E-state index in [0.29, 0.717) is 5.75 Å². The van der Waals surface area contributed by atoms with Crippen LogP contribution in [0.1, 0.15) is 30.0 Å². The van der Waals surface area contributed by atoms with Gasteiger partial charge < -0.3 is 4.74 Å². The Hall–Kier alpha value is -3.92. The summed E-state index contributed by atoms with van der Waals surface area (Å²) in [6.07, 6.45) is 3.79. The van der Waals surface area contributed by atoms with Crippen LogP contribution in [-0.4, -0.2) is 16.2 Å². The van der Waals surface area contributed by atoms with Gasteiger partial charge in [-0.1, -0.05) is 74.2 Å². The maximum Gasteiger partial charge on any atom is 0.335 e. The van der Waals surface area contributed by atoms with Crippen LogP contribution in [0.5, 0.6) is 5.75 Å². The molecule has 0 fully saturated rings. The number of rotatable bonds is 6. The number of aromatic amines is 1. The highest BCUT2D eigenvalue weighted by Crippen LogP contribution is 2.39. The zero-order chi connectivity index (χ0) is 20.9. The van der Waals surface area contributed by atoms with Crippen molar-refractivity contribution in [2.75, 3.05) is 0 Å². The lowest BCUT2D eigenvalue weighted by Gasteiger charge is -2.18. The van der Waals surface area contributed by atoms with Gasteiger partial charge in [0.1, 0.15) is 5.75 Å². The number of carbonyl (C=O) groups is 1. The zero-order valence-electron chi connectivity index (χ0n) is 16.8. The zero-order valence-corrected chi connectivity index (χ0v) is 16.8. The number of para-hydroxylation sites is 1. The predicted molar refractivity (Wildman–Crippen MR) is 121 cm³/mol. The second-order valence-corrected chi connectivity index (χ2v) is 6.87. The number of aromatic nitrogens is 2. The Labute approximate surface area is 175 Å². The van der Waals surface area contributed by atoms with Crippen molar-refractivity contribution in [2.24, 2.45) is 0 Å². The van der Waals surface area contributed by atoms with Crippen molar-refractivity contribution in [3.8, 4) is 5.75 Å². The number of esters is 1. The number of nitrogens with zero attached hydrogens (tertiary/aromatic N) is 1. The summed E-state index contributed by atoms with van der Waals surface area (Å²) in [4.78, 5) is 12.0. The van der Waals surface area contributed by atoms with Crippen molar-refractivity contribution in [1.29, 1.82) is 0 Å². The smallest absolute Gasteiger partial charge is 0.335 e. The molecule has 0 saturated heterocycles. The first kappa shape index (κ1) is 19.4. The van der Waals surface area contributed by atoms with Crippen molar-refractivity contribution < 1.29 is 9.53 Å². The highest BCUT2D eigenvalue weighted by molar-refractivity contribution is 6.02. The monoisotopic (exact) mass is 394 g/mol. The highest BCUT2D eigenvalue weighted by Gasteiger charge is 2.18. The summed E-state index contributed by atoms with van der Waals surface area (Å²) >= 11 is 0. The number of ether oxygens (including phenoxy) is 1. The molecule has 0 bridgehead atoms. The topological polar surface area (TPSA) is 55.0 Å². The van der Waals surface area contributed by atoms with E-state index in [0.717, 1.165) is 45.2 Å². The van der Waals surface area contributed by atoms with Gasteiger partial charge in [-0.05, 0) is 40.8 Å². The van der Waals surface area contributed by atoms with E-state index < -0.39 is 5.97 Å². The number of H-pyrrole nitrogens is 1. The van der Waals surface area contributed by atoms with Crippen LogP contribution in [0, 0.1) is 0 Å². The number of benzene rings is 3. The van der Waals surface area contributed by atoms with Crippen molar-refractivity contribution >= 4 is 28.0 Å². The van der Waals surface area contributed by atoms with E-state index >= 15 is 0 Å². The molecule has 4 nitrogen and oxygen atoms in total. The molecule has 0 saturated carbocycles. The molecule has 3 aromatic carbocycles. The third-order valence-electron chi connectivity index (χ3n) is 5.04. The third kappa shape index (κ3) is 3.80. The van der Waals surface area contributed by atoms with Crippen LogP contribution < -0.4 is 4.74 Å². The first-order valence-electron chi connectivity index (χ1n) is 9.87. The predicted octanol–water partition coefficient (Wildman–Crippen LogP) is 6.02. The number of hydrogen-bond acceptors (Lipinski definition) is 3. The van der Waals surface area contributed by atoms with Crippen molar-refractivity contribution in [2.45, 2.75) is 13.3 Å². The molecule has 4 heteroatoms. The van der Waals surface area contributed by atoms with Gasteiger partial charge in [-0.15, -0.1) is 0 Å². The Bertz CT molecular complexity index is 1240. The van der Waals surface area contributed by atoms with Crippen LogP contribution in [0.3, 0.4) is 0 Å². The molecule has 0 atom stereocenters. The lowest BCUT2D eigenvalue weighted by molar-refractivity contribution is -0.128. The van der Waals surface area contributed by atoms with Gasteiger partial charge in [0.25, 0.3) is 0 Å². The summed E-state index contributed by atoms with van der Waals surface area (Å²) in [5.41, 5.74) is 6.14. The van der Waals surface area contributed by atoms with Crippen molar-refractivity contribution in [3.63, 3.8) is 0 Å². The summed E-state index contributed by atoms with van der Waals surface area (Å²) in [5.74, 6) is 0.0209. The quantitative estimate of drug-likeness (QED) is 0.188. The van der Waals surface area contributed by atoms with Crippen LogP contribution in [-0.2, 0) is 4.79 Å². The van der Waals surface area contributed by atoms with Crippen molar-refractivity contribution in [1.82, 2.24) is 10.2 Å². The third-order valence-corrected chi connectivity index (χ3v) is 5.04. The van der Waals surface area contributed by atoms with Gasteiger partial charge in [-0.2, -0.15) is 5.10 Å². The fraction of sp³-hybridized carbons (Fsp3) is 0.0769. The normalized spacial score (nSPS) is 11.8. The lowest BCUT2D eigenvalue weighted by Crippen LogP contribution is -2.06. The molecule has 0 radical (unpaired) electrons. The average Bonchev–Trinajstić information content (AvgIpc) is 3.26. The minimum atomic E-state index is -0.483. The molecule has 148 valence electrons. The van der Waals surface area contributed by atoms with Gasteiger partial charge in [0.15, 0.2) is 0 Å². The molecule has 0 aliphatic rings. The fourth-order valence-corrected chi connectivity index (χ4v) is 3.66.